The molecule has 0 aromatic heterocycles. The standard InChI is InChI=1S/C12H15FN2O3/c1-7(4-11(16)17)6-15-12(18)8-2-3-10(14)9(13)5-8/h2-3,5,7H,4,6,14H2,1H3,(H,15,18)(H,16,17). The number of carboxylic acids is 1. The van der Waals surface area contributed by atoms with Crippen LogP contribution in [0.2, 0.25) is 0 Å². The number of hydrogen-bond donors (Lipinski definition) is 3. The molecule has 1 rings (SSSR count). The summed E-state index contributed by atoms with van der Waals surface area (Å²) in [6.07, 6.45) is -0.0314. The van der Waals surface area contributed by atoms with Gasteiger partial charge in [0.15, 0.2) is 0 Å². The van der Waals surface area contributed by atoms with Crippen LogP contribution in [0.1, 0.15) is 23.7 Å². The highest BCUT2D eigenvalue weighted by Gasteiger charge is 2.11. The SMILES string of the molecule is CC(CNC(=O)c1ccc(N)c(F)c1)CC(=O)O. The van der Waals surface area contributed by atoms with Gasteiger partial charge in [0.2, 0.25) is 0 Å². The van der Waals surface area contributed by atoms with E-state index in [9.17, 15) is 14.0 Å². The summed E-state index contributed by atoms with van der Waals surface area (Å²) < 4.78 is 13.1. The lowest BCUT2D eigenvalue weighted by molar-refractivity contribution is -0.137. The molecule has 1 aromatic carbocycles. The Bertz CT molecular complexity index is 463. The number of amides is 1. The molecular formula is C12H15FN2O3. The van der Waals surface area contributed by atoms with Crippen LogP contribution in [0.5, 0.6) is 0 Å². The Kier molecular flexibility index (Phi) is 4.65. The Morgan fingerprint density at radius 1 is 1.50 bits per heavy atom. The first-order valence-electron chi connectivity index (χ1n) is 5.45. The van der Waals surface area contributed by atoms with Crippen LogP contribution in [0.15, 0.2) is 18.2 Å². The third-order valence-corrected chi connectivity index (χ3v) is 2.40. The van der Waals surface area contributed by atoms with Crippen molar-refractivity contribution in [1.82, 2.24) is 5.32 Å². The molecule has 0 aliphatic carbocycles. The molecule has 0 aliphatic rings. The van der Waals surface area contributed by atoms with Crippen molar-refractivity contribution in [3.8, 4) is 0 Å². The molecule has 0 aliphatic heterocycles. The first-order chi connectivity index (χ1) is 8.40. The number of aliphatic carboxylic acids is 1. The van der Waals surface area contributed by atoms with Crippen molar-refractivity contribution < 1.29 is 19.1 Å². The van der Waals surface area contributed by atoms with E-state index in [0.29, 0.717) is 0 Å². The van der Waals surface area contributed by atoms with Crippen molar-refractivity contribution in [2.24, 2.45) is 5.92 Å². The van der Waals surface area contributed by atoms with Gasteiger partial charge in [-0.25, -0.2) is 4.39 Å². The van der Waals surface area contributed by atoms with Crippen molar-refractivity contribution in [2.45, 2.75) is 13.3 Å². The molecule has 0 heterocycles. The second-order valence-corrected chi connectivity index (χ2v) is 4.15. The fourth-order valence-corrected chi connectivity index (χ4v) is 1.41. The Balaban J connectivity index is 2.55. The van der Waals surface area contributed by atoms with Gasteiger partial charge >= 0.3 is 5.97 Å². The fraction of sp³-hybridized carbons (Fsp3) is 0.333. The van der Waals surface area contributed by atoms with Crippen LogP contribution in [0.3, 0.4) is 0 Å². The summed E-state index contributed by atoms with van der Waals surface area (Å²) in [5.41, 5.74) is 5.43. The van der Waals surface area contributed by atoms with E-state index in [2.05, 4.69) is 5.32 Å². The highest BCUT2D eigenvalue weighted by molar-refractivity contribution is 5.94. The number of hydrogen-bond acceptors (Lipinski definition) is 3. The predicted octanol–water partition coefficient (Wildman–Crippen LogP) is 1.25. The quantitative estimate of drug-likeness (QED) is 0.689. The minimum atomic E-state index is -0.921. The Morgan fingerprint density at radius 2 is 2.17 bits per heavy atom. The van der Waals surface area contributed by atoms with Gasteiger partial charge in [0, 0.05) is 18.5 Å². The van der Waals surface area contributed by atoms with E-state index in [0.717, 1.165) is 6.07 Å². The number of carbonyl (C=O) groups is 2. The summed E-state index contributed by atoms with van der Waals surface area (Å²) in [6, 6.07) is 3.77. The monoisotopic (exact) mass is 254 g/mol. The maximum Gasteiger partial charge on any atom is 0.303 e. The number of anilines is 1. The zero-order valence-electron chi connectivity index (χ0n) is 9.94. The molecule has 5 nitrogen and oxygen atoms in total. The maximum absolute atomic E-state index is 13.1. The van der Waals surface area contributed by atoms with Crippen LogP contribution in [0.4, 0.5) is 10.1 Å². The Hall–Kier alpha value is -2.11. The number of halogens is 1. The summed E-state index contributed by atoms with van der Waals surface area (Å²) in [5, 5.41) is 11.1. The smallest absolute Gasteiger partial charge is 0.303 e. The number of nitrogens with one attached hydrogen (secondary N) is 1. The molecule has 0 fully saturated rings. The van der Waals surface area contributed by atoms with Crippen molar-refractivity contribution in [1.29, 1.82) is 0 Å². The zero-order chi connectivity index (χ0) is 13.7. The average Bonchev–Trinajstić information content (AvgIpc) is 2.28. The number of nitrogen functional groups attached to an aromatic ring is 1. The highest BCUT2D eigenvalue weighted by atomic mass is 19.1. The van der Waals surface area contributed by atoms with Gasteiger partial charge in [-0.1, -0.05) is 6.92 Å². The van der Waals surface area contributed by atoms with Gasteiger partial charge in [0.25, 0.3) is 5.91 Å². The molecule has 1 unspecified atom stereocenters. The lowest BCUT2D eigenvalue weighted by Gasteiger charge is -2.10. The van der Waals surface area contributed by atoms with Crippen molar-refractivity contribution in [3.63, 3.8) is 0 Å². The molecular weight excluding hydrogens is 239 g/mol. The number of carboxylic acid groups (broad SMARTS) is 1. The molecule has 0 saturated carbocycles. The van der Waals surface area contributed by atoms with Gasteiger partial charge in [0.1, 0.15) is 5.82 Å². The minimum Gasteiger partial charge on any atom is -0.481 e. The van der Waals surface area contributed by atoms with Crippen LogP contribution in [0.25, 0.3) is 0 Å². The number of benzene rings is 1. The van der Waals surface area contributed by atoms with Gasteiger partial charge in [-0.2, -0.15) is 0 Å². The molecule has 0 saturated heterocycles. The second-order valence-electron chi connectivity index (χ2n) is 4.15. The molecule has 1 amide bonds. The summed E-state index contributed by atoms with van der Waals surface area (Å²) >= 11 is 0. The van der Waals surface area contributed by atoms with E-state index in [1.165, 1.54) is 12.1 Å². The first-order valence-corrected chi connectivity index (χ1v) is 5.45. The molecule has 1 atom stereocenters. The summed E-state index contributed by atoms with van der Waals surface area (Å²) in [5.74, 6) is -2.22. The largest absolute Gasteiger partial charge is 0.481 e. The van der Waals surface area contributed by atoms with Gasteiger partial charge in [-0.05, 0) is 24.1 Å². The zero-order valence-corrected chi connectivity index (χ0v) is 9.94. The Labute approximate surface area is 104 Å². The van der Waals surface area contributed by atoms with E-state index in [1.54, 1.807) is 6.92 Å². The molecule has 4 N–H and O–H groups in total. The molecule has 98 valence electrons. The second kappa shape index (κ2) is 6.00. The van der Waals surface area contributed by atoms with Gasteiger partial charge in [-0.3, -0.25) is 9.59 Å². The molecule has 0 radical (unpaired) electrons. The van der Waals surface area contributed by atoms with Crippen LogP contribution in [-0.4, -0.2) is 23.5 Å². The number of nitrogens with two attached hydrogens (primary N) is 1. The lowest BCUT2D eigenvalue weighted by Crippen LogP contribution is -2.29. The molecule has 1 aromatic rings. The van der Waals surface area contributed by atoms with Crippen LogP contribution in [-0.2, 0) is 4.79 Å². The minimum absolute atomic E-state index is 0.0224. The predicted molar refractivity (Wildman–Crippen MR) is 64.6 cm³/mol. The summed E-state index contributed by atoms with van der Waals surface area (Å²) in [6.45, 7) is 1.93. The molecule has 0 bridgehead atoms. The van der Waals surface area contributed by atoms with Gasteiger partial charge < -0.3 is 16.2 Å². The average molecular weight is 254 g/mol. The van der Waals surface area contributed by atoms with Crippen LogP contribution < -0.4 is 11.1 Å². The van der Waals surface area contributed by atoms with Crippen molar-refractivity contribution in [2.75, 3.05) is 12.3 Å². The lowest BCUT2D eigenvalue weighted by atomic mass is 10.1. The van der Waals surface area contributed by atoms with E-state index in [1.807, 2.05) is 0 Å². The Morgan fingerprint density at radius 3 is 2.72 bits per heavy atom. The topological polar surface area (TPSA) is 92.4 Å². The maximum atomic E-state index is 13.1. The number of rotatable bonds is 5. The van der Waals surface area contributed by atoms with Crippen LogP contribution >= 0.6 is 0 Å². The third kappa shape index (κ3) is 4.04. The fourth-order valence-electron chi connectivity index (χ4n) is 1.41. The summed E-state index contributed by atoms with van der Waals surface area (Å²) in [4.78, 5) is 22.1. The molecule has 0 spiro atoms. The van der Waals surface area contributed by atoms with Gasteiger partial charge in [0.05, 0.1) is 5.69 Å². The molecule has 18 heavy (non-hydrogen) atoms. The van der Waals surface area contributed by atoms with Crippen molar-refractivity contribution >= 4 is 17.6 Å². The van der Waals surface area contributed by atoms with E-state index in [4.69, 9.17) is 10.8 Å². The third-order valence-electron chi connectivity index (χ3n) is 2.40. The van der Waals surface area contributed by atoms with Crippen LogP contribution in [0, 0.1) is 11.7 Å². The van der Waals surface area contributed by atoms with Gasteiger partial charge in [-0.15, -0.1) is 0 Å². The van der Waals surface area contributed by atoms with E-state index in [-0.39, 0.29) is 30.1 Å². The molecule has 6 heteroatoms. The van der Waals surface area contributed by atoms with Crippen molar-refractivity contribution in [3.05, 3.63) is 29.6 Å². The normalized spacial score (nSPS) is 11.9. The first kappa shape index (κ1) is 14.0. The summed E-state index contributed by atoms with van der Waals surface area (Å²) in [7, 11) is 0. The van der Waals surface area contributed by atoms with E-state index >= 15 is 0 Å². The van der Waals surface area contributed by atoms with E-state index < -0.39 is 17.7 Å². The highest BCUT2D eigenvalue weighted by Crippen LogP contribution is 2.12. The number of carbonyl (C=O) groups excluding carboxylic acids is 1.